The molecule has 0 aliphatic rings. The average molecular weight is 238 g/mol. The third-order valence-electron chi connectivity index (χ3n) is 1.97. The lowest BCUT2D eigenvalue weighted by Gasteiger charge is -2.05. The zero-order valence-corrected chi connectivity index (χ0v) is 8.60. The lowest BCUT2D eigenvalue weighted by Crippen LogP contribution is -1.96. The molecule has 0 unspecified atom stereocenters. The van der Waals surface area contributed by atoms with Gasteiger partial charge >= 0.3 is 0 Å². The zero-order chi connectivity index (χ0) is 12.3. The number of hydrogen-bond acceptors (Lipinski definition) is 4. The molecule has 0 saturated heterocycles. The maximum atomic E-state index is 13.2. The summed E-state index contributed by atoms with van der Waals surface area (Å²) in [4.78, 5) is 7.57. The Morgan fingerprint density at radius 1 is 1.18 bits per heavy atom. The first-order valence-corrected chi connectivity index (χ1v) is 4.74. The monoisotopic (exact) mass is 238 g/mol. The summed E-state index contributed by atoms with van der Waals surface area (Å²) in [6.07, 6.45) is 2.50. The van der Waals surface area contributed by atoms with Crippen molar-refractivity contribution in [1.82, 2.24) is 9.97 Å². The van der Waals surface area contributed by atoms with E-state index in [1.54, 1.807) is 0 Å². The van der Waals surface area contributed by atoms with Crippen LogP contribution in [0.4, 0.5) is 8.78 Å². The predicted molar refractivity (Wildman–Crippen MR) is 54.4 cm³/mol. The molecule has 4 nitrogen and oxygen atoms in total. The molecular formula is C11H8F2N2O2. The van der Waals surface area contributed by atoms with Gasteiger partial charge in [0.15, 0.2) is 11.6 Å². The molecule has 1 heterocycles. The van der Waals surface area contributed by atoms with Gasteiger partial charge in [-0.2, -0.15) is 4.39 Å². The van der Waals surface area contributed by atoms with Crippen molar-refractivity contribution in [3.8, 4) is 11.6 Å². The van der Waals surface area contributed by atoms with Crippen LogP contribution in [0.25, 0.3) is 0 Å². The van der Waals surface area contributed by atoms with Crippen molar-refractivity contribution in [1.29, 1.82) is 0 Å². The Hall–Kier alpha value is -2.08. The fourth-order valence-electron chi connectivity index (χ4n) is 1.15. The minimum absolute atomic E-state index is 0.0201. The maximum absolute atomic E-state index is 13.2. The number of halogens is 2. The first kappa shape index (κ1) is 11.4. The van der Waals surface area contributed by atoms with E-state index in [9.17, 15) is 8.78 Å². The van der Waals surface area contributed by atoms with Crippen molar-refractivity contribution in [3.05, 3.63) is 47.9 Å². The number of ether oxygens (including phenoxy) is 1. The van der Waals surface area contributed by atoms with E-state index >= 15 is 0 Å². The van der Waals surface area contributed by atoms with Gasteiger partial charge in [-0.15, -0.1) is 0 Å². The van der Waals surface area contributed by atoms with E-state index in [0.29, 0.717) is 5.69 Å². The van der Waals surface area contributed by atoms with Crippen LogP contribution in [0.15, 0.2) is 30.6 Å². The van der Waals surface area contributed by atoms with Crippen LogP contribution in [0.1, 0.15) is 5.69 Å². The number of aromatic nitrogens is 2. The number of aliphatic hydroxyl groups excluding tert-OH is 1. The molecule has 0 aliphatic heterocycles. The molecule has 0 spiro atoms. The lowest BCUT2D eigenvalue weighted by molar-refractivity contribution is 0.275. The number of hydrogen-bond donors (Lipinski definition) is 1. The van der Waals surface area contributed by atoms with Gasteiger partial charge in [0, 0.05) is 0 Å². The lowest BCUT2D eigenvalue weighted by atomic mass is 10.3. The Labute approximate surface area is 95.5 Å². The second-order valence-corrected chi connectivity index (χ2v) is 3.16. The standard InChI is InChI=1S/C11H8F2N2O2/c12-8-2-1-3-9(11(8)13)17-10-5-14-7(6-16)4-15-10/h1-5,16H,6H2. The number of nitrogens with zero attached hydrogens (tertiary/aromatic N) is 2. The van der Waals surface area contributed by atoms with E-state index in [4.69, 9.17) is 9.84 Å². The summed E-state index contributed by atoms with van der Waals surface area (Å²) in [5.41, 5.74) is 0.358. The second kappa shape index (κ2) is 4.84. The quantitative estimate of drug-likeness (QED) is 0.889. The van der Waals surface area contributed by atoms with Gasteiger partial charge in [-0.05, 0) is 12.1 Å². The third kappa shape index (κ3) is 2.54. The molecule has 0 saturated carbocycles. The molecule has 88 valence electrons. The van der Waals surface area contributed by atoms with Crippen molar-refractivity contribution in [3.63, 3.8) is 0 Å². The van der Waals surface area contributed by atoms with E-state index in [1.807, 2.05) is 0 Å². The molecule has 17 heavy (non-hydrogen) atoms. The molecular weight excluding hydrogens is 230 g/mol. The van der Waals surface area contributed by atoms with Crippen molar-refractivity contribution in [2.45, 2.75) is 6.61 Å². The van der Waals surface area contributed by atoms with Gasteiger partial charge in [0.05, 0.1) is 24.7 Å². The van der Waals surface area contributed by atoms with Gasteiger partial charge in [-0.1, -0.05) is 6.07 Å². The van der Waals surface area contributed by atoms with Crippen molar-refractivity contribution in [2.75, 3.05) is 0 Å². The molecule has 2 aromatic rings. The summed E-state index contributed by atoms with van der Waals surface area (Å²) in [5.74, 6) is -2.33. The average Bonchev–Trinajstić information content (AvgIpc) is 2.36. The van der Waals surface area contributed by atoms with Crippen LogP contribution in [0.2, 0.25) is 0 Å². The van der Waals surface area contributed by atoms with Crippen LogP contribution in [-0.4, -0.2) is 15.1 Å². The van der Waals surface area contributed by atoms with Crippen molar-refractivity contribution < 1.29 is 18.6 Å². The van der Waals surface area contributed by atoms with Crippen LogP contribution >= 0.6 is 0 Å². The van der Waals surface area contributed by atoms with Gasteiger partial charge in [0.2, 0.25) is 11.7 Å². The Balaban J connectivity index is 2.22. The molecule has 0 bridgehead atoms. The highest BCUT2D eigenvalue weighted by atomic mass is 19.2. The molecule has 6 heteroatoms. The summed E-state index contributed by atoms with van der Waals surface area (Å²) in [6.45, 7) is -0.248. The molecule has 0 fully saturated rings. The fourth-order valence-corrected chi connectivity index (χ4v) is 1.15. The molecule has 1 N–H and O–H groups in total. The molecule has 0 radical (unpaired) electrons. The Morgan fingerprint density at radius 3 is 2.65 bits per heavy atom. The molecule has 1 aromatic heterocycles. The SMILES string of the molecule is OCc1cnc(Oc2cccc(F)c2F)cn1. The highest BCUT2D eigenvalue weighted by molar-refractivity contribution is 5.28. The van der Waals surface area contributed by atoms with E-state index in [-0.39, 0.29) is 18.2 Å². The molecule has 0 aliphatic carbocycles. The smallest absolute Gasteiger partial charge is 0.237 e. The van der Waals surface area contributed by atoms with Gasteiger partial charge in [0.1, 0.15) is 0 Å². The highest BCUT2D eigenvalue weighted by Gasteiger charge is 2.10. The molecule has 2 rings (SSSR count). The Morgan fingerprint density at radius 2 is 2.00 bits per heavy atom. The molecule has 1 aromatic carbocycles. The van der Waals surface area contributed by atoms with Crippen LogP contribution < -0.4 is 4.74 Å². The van der Waals surface area contributed by atoms with E-state index < -0.39 is 11.6 Å². The number of aliphatic hydroxyl groups is 1. The third-order valence-corrected chi connectivity index (χ3v) is 1.97. The normalized spacial score (nSPS) is 10.3. The predicted octanol–water partition coefficient (Wildman–Crippen LogP) is 2.04. The van der Waals surface area contributed by atoms with E-state index in [0.717, 1.165) is 6.07 Å². The topological polar surface area (TPSA) is 55.2 Å². The maximum Gasteiger partial charge on any atom is 0.237 e. The van der Waals surface area contributed by atoms with Crippen molar-refractivity contribution in [2.24, 2.45) is 0 Å². The minimum atomic E-state index is -1.08. The molecule has 0 amide bonds. The summed E-state index contributed by atoms with van der Waals surface area (Å²) in [6, 6.07) is 3.59. The van der Waals surface area contributed by atoms with Gasteiger partial charge in [-0.25, -0.2) is 9.37 Å². The zero-order valence-electron chi connectivity index (χ0n) is 8.60. The van der Waals surface area contributed by atoms with Crippen LogP contribution in [-0.2, 0) is 6.61 Å². The summed E-state index contributed by atoms with van der Waals surface area (Å²) >= 11 is 0. The van der Waals surface area contributed by atoms with Crippen LogP contribution in [0, 0.1) is 11.6 Å². The van der Waals surface area contributed by atoms with Crippen molar-refractivity contribution >= 4 is 0 Å². The largest absolute Gasteiger partial charge is 0.434 e. The number of benzene rings is 1. The summed E-state index contributed by atoms with van der Waals surface area (Å²) < 4.78 is 31.1. The first-order valence-electron chi connectivity index (χ1n) is 4.74. The number of rotatable bonds is 3. The fraction of sp³-hybridized carbons (Fsp3) is 0.0909. The van der Waals surface area contributed by atoms with Crippen LogP contribution in [0.3, 0.4) is 0 Å². The van der Waals surface area contributed by atoms with Gasteiger partial charge in [0.25, 0.3) is 0 Å². The van der Waals surface area contributed by atoms with Crippen LogP contribution in [0.5, 0.6) is 11.6 Å². The summed E-state index contributed by atoms with van der Waals surface area (Å²) in [5, 5.41) is 8.75. The Bertz CT molecular complexity index is 517. The van der Waals surface area contributed by atoms with Gasteiger partial charge in [-0.3, -0.25) is 4.98 Å². The van der Waals surface area contributed by atoms with Gasteiger partial charge < -0.3 is 9.84 Å². The summed E-state index contributed by atoms with van der Waals surface area (Å²) in [7, 11) is 0. The Kier molecular flexibility index (Phi) is 3.24. The minimum Gasteiger partial charge on any atom is -0.434 e. The highest BCUT2D eigenvalue weighted by Crippen LogP contribution is 2.23. The first-order chi connectivity index (χ1) is 8.20. The molecule has 0 atom stereocenters. The van der Waals surface area contributed by atoms with E-state index in [2.05, 4.69) is 9.97 Å². The van der Waals surface area contributed by atoms with E-state index in [1.165, 1.54) is 24.5 Å². The second-order valence-electron chi connectivity index (χ2n) is 3.16.